The molecule has 6 nitrogen and oxygen atoms in total. The van der Waals surface area contributed by atoms with Crippen molar-refractivity contribution >= 4 is 22.5 Å². The fourth-order valence-electron chi connectivity index (χ4n) is 1.73. The molecule has 3 N–H and O–H groups in total. The van der Waals surface area contributed by atoms with Gasteiger partial charge in [0.25, 0.3) is 0 Å². The number of amides is 2. The Hall–Kier alpha value is -1.99. The molecule has 1 aromatic heterocycles. The van der Waals surface area contributed by atoms with E-state index in [0.717, 1.165) is 10.6 Å². The van der Waals surface area contributed by atoms with Gasteiger partial charge in [0.2, 0.25) is 5.13 Å². The van der Waals surface area contributed by atoms with Gasteiger partial charge in [-0.3, -0.25) is 5.32 Å². The number of nitrogens with zero attached hydrogens (tertiary/aromatic N) is 2. The number of aromatic nitrogens is 2. The van der Waals surface area contributed by atoms with Crippen LogP contribution in [0.5, 0.6) is 0 Å². The molecule has 106 valence electrons. The number of carbonyl (C=O) groups is 1. The van der Waals surface area contributed by atoms with E-state index in [1.54, 1.807) is 0 Å². The summed E-state index contributed by atoms with van der Waals surface area (Å²) in [5, 5.41) is 23.5. The molecule has 0 spiro atoms. The first-order valence-corrected chi connectivity index (χ1v) is 7.01. The van der Waals surface area contributed by atoms with Crippen molar-refractivity contribution in [3.8, 4) is 0 Å². The Morgan fingerprint density at radius 1 is 1.35 bits per heavy atom. The first kappa shape index (κ1) is 14.4. The van der Waals surface area contributed by atoms with Gasteiger partial charge in [-0.25, -0.2) is 4.79 Å². The summed E-state index contributed by atoms with van der Waals surface area (Å²) in [7, 11) is 0. The van der Waals surface area contributed by atoms with Crippen molar-refractivity contribution in [1.29, 1.82) is 0 Å². The standard InChI is InChI=1S/C13H16N4O2S/c1-9-16-17-13(20-9)15-12(19)14-11(8-18)7-10-5-3-2-4-6-10/h2-6,11,18H,7-8H2,1H3,(H2,14,15,17,19). The number of nitrogens with one attached hydrogen (secondary N) is 2. The average molecular weight is 292 g/mol. The molecule has 0 fully saturated rings. The van der Waals surface area contributed by atoms with E-state index < -0.39 is 6.03 Å². The molecule has 0 aliphatic heterocycles. The first-order chi connectivity index (χ1) is 9.67. The summed E-state index contributed by atoms with van der Waals surface area (Å²) in [5.41, 5.74) is 1.05. The van der Waals surface area contributed by atoms with E-state index in [1.165, 1.54) is 11.3 Å². The van der Waals surface area contributed by atoms with Gasteiger partial charge < -0.3 is 10.4 Å². The zero-order valence-corrected chi connectivity index (χ0v) is 11.9. The van der Waals surface area contributed by atoms with Crippen LogP contribution in [-0.2, 0) is 6.42 Å². The van der Waals surface area contributed by atoms with Crippen molar-refractivity contribution < 1.29 is 9.90 Å². The second-order valence-corrected chi connectivity index (χ2v) is 5.48. The Morgan fingerprint density at radius 2 is 2.10 bits per heavy atom. The molecule has 0 radical (unpaired) electrons. The van der Waals surface area contributed by atoms with E-state index in [4.69, 9.17) is 0 Å². The minimum absolute atomic E-state index is 0.128. The topological polar surface area (TPSA) is 87.1 Å². The smallest absolute Gasteiger partial charge is 0.321 e. The maximum absolute atomic E-state index is 11.8. The highest BCUT2D eigenvalue weighted by Gasteiger charge is 2.13. The number of carbonyl (C=O) groups excluding carboxylic acids is 1. The van der Waals surface area contributed by atoms with Crippen molar-refractivity contribution in [2.75, 3.05) is 11.9 Å². The number of urea groups is 1. The lowest BCUT2D eigenvalue weighted by atomic mass is 10.1. The highest BCUT2D eigenvalue weighted by molar-refractivity contribution is 7.15. The third kappa shape index (κ3) is 4.29. The van der Waals surface area contributed by atoms with E-state index in [9.17, 15) is 9.90 Å². The summed E-state index contributed by atoms with van der Waals surface area (Å²) in [5.74, 6) is 0. The van der Waals surface area contributed by atoms with Crippen LogP contribution in [0, 0.1) is 6.92 Å². The molecule has 2 amide bonds. The number of aryl methyl sites for hydroxylation is 1. The van der Waals surface area contributed by atoms with Crippen LogP contribution in [0.3, 0.4) is 0 Å². The predicted octanol–water partition coefficient (Wildman–Crippen LogP) is 1.57. The number of hydrogen-bond acceptors (Lipinski definition) is 5. The lowest BCUT2D eigenvalue weighted by Gasteiger charge is -2.16. The van der Waals surface area contributed by atoms with Crippen LogP contribution in [0.1, 0.15) is 10.6 Å². The lowest BCUT2D eigenvalue weighted by molar-refractivity contribution is 0.224. The van der Waals surface area contributed by atoms with Crippen LogP contribution >= 0.6 is 11.3 Å². The zero-order chi connectivity index (χ0) is 14.4. The summed E-state index contributed by atoms with van der Waals surface area (Å²) in [6, 6.07) is 8.95. The molecule has 0 saturated heterocycles. The van der Waals surface area contributed by atoms with Gasteiger partial charge in [-0.2, -0.15) is 0 Å². The summed E-state index contributed by atoms with van der Waals surface area (Å²) < 4.78 is 0. The summed E-state index contributed by atoms with van der Waals surface area (Å²) in [4.78, 5) is 11.8. The predicted molar refractivity (Wildman–Crippen MR) is 77.8 cm³/mol. The molecule has 7 heteroatoms. The molecule has 1 aromatic carbocycles. The third-order valence-electron chi connectivity index (χ3n) is 2.63. The quantitative estimate of drug-likeness (QED) is 0.780. The minimum Gasteiger partial charge on any atom is -0.394 e. The molecule has 2 rings (SSSR count). The molecular weight excluding hydrogens is 276 g/mol. The Labute approximate surface area is 120 Å². The highest BCUT2D eigenvalue weighted by atomic mass is 32.1. The number of aliphatic hydroxyl groups is 1. The Balaban J connectivity index is 1.88. The normalized spacial score (nSPS) is 11.9. The number of rotatable bonds is 5. The fourth-order valence-corrected chi connectivity index (χ4v) is 2.31. The average Bonchev–Trinajstić information content (AvgIpc) is 2.84. The Bertz CT molecular complexity index is 559. The van der Waals surface area contributed by atoms with Crippen molar-refractivity contribution in [2.24, 2.45) is 0 Å². The van der Waals surface area contributed by atoms with E-state index in [2.05, 4.69) is 20.8 Å². The van der Waals surface area contributed by atoms with Crippen LogP contribution in [-0.4, -0.2) is 34.0 Å². The molecule has 0 aliphatic carbocycles. The van der Waals surface area contributed by atoms with E-state index in [1.807, 2.05) is 37.3 Å². The molecule has 1 heterocycles. The van der Waals surface area contributed by atoms with Gasteiger partial charge >= 0.3 is 6.03 Å². The molecule has 0 aliphatic rings. The van der Waals surface area contributed by atoms with Crippen molar-refractivity contribution in [2.45, 2.75) is 19.4 Å². The van der Waals surface area contributed by atoms with Gasteiger partial charge in [-0.1, -0.05) is 41.7 Å². The summed E-state index contributed by atoms with van der Waals surface area (Å²) >= 11 is 1.30. The molecule has 2 aromatic rings. The van der Waals surface area contributed by atoms with E-state index >= 15 is 0 Å². The van der Waals surface area contributed by atoms with Gasteiger partial charge in [0.05, 0.1) is 12.6 Å². The molecule has 1 unspecified atom stereocenters. The first-order valence-electron chi connectivity index (χ1n) is 6.20. The summed E-state index contributed by atoms with van der Waals surface area (Å²) in [6.07, 6.45) is 0.569. The van der Waals surface area contributed by atoms with Crippen LogP contribution in [0.4, 0.5) is 9.93 Å². The maximum atomic E-state index is 11.8. The maximum Gasteiger partial charge on any atom is 0.321 e. The van der Waals surface area contributed by atoms with Crippen LogP contribution < -0.4 is 10.6 Å². The lowest BCUT2D eigenvalue weighted by Crippen LogP contribution is -2.41. The number of hydrogen-bond donors (Lipinski definition) is 3. The highest BCUT2D eigenvalue weighted by Crippen LogP contribution is 2.13. The van der Waals surface area contributed by atoms with Crippen molar-refractivity contribution in [3.63, 3.8) is 0 Å². The van der Waals surface area contributed by atoms with Gasteiger partial charge in [-0.15, -0.1) is 10.2 Å². The van der Waals surface area contributed by atoms with Crippen LogP contribution in [0.15, 0.2) is 30.3 Å². The molecule has 20 heavy (non-hydrogen) atoms. The SMILES string of the molecule is Cc1nnc(NC(=O)NC(CO)Cc2ccccc2)s1. The van der Waals surface area contributed by atoms with Gasteiger partial charge in [0.1, 0.15) is 5.01 Å². The largest absolute Gasteiger partial charge is 0.394 e. The van der Waals surface area contributed by atoms with Crippen LogP contribution in [0.2, 0.25) is 0 Å². The minimum atomic E-state index is -0.392. The van der Waals surface area contributed by atoms with Crippen molar-refractivity contribution in [3.05, 3.63) is 40.9 Å². The molecular formula is C13H16N4O2S. The summed E-state index contributed by atoms with van der Waals surface area (Å²) in [6.45, 7) is 1.68. The van der Waals surface area contributed by atoms with Crippen LogP contribution in [0.25, 0.3) is 0 Å². The second kappa shape index (κ2) is 6.97. The number of aliphatic hydroxyl groups excluding tert-OH is 1. The zero-order valence-electron chi connectivity index (χ0n) is 11.0. The van der Waals surface area contributed by atoms with Gasteiger partial charge in [-0.05, 0) is 18.9 Å². The van der Waals surface area contributed by atoms with Gasteiger partial charge in [0, 0.05) is 0 Å². The van der Waals surface area contributed by atoms with Gasteiger partial charge in [0.15, 0.2) is 0 Å². The second-order valence-electron chi connectivity index (χ2n) is 4.29. The van der Waals surface area contributed by atoms with E-state index in [0.29, 0.717) is 11.6 Å². The Kier molecular flexibility index (Phi) is 5.03. The van der Waals surface area contributed by atoms with Crippen molar-refractivity contribution in [1.82, 2.24) is 15.5 Å². The molecule has 1 atom stereocenters. The fraction of sp³-hybridized carbons (Fsp3) is 0.308. The third-order valence-corrected chi connectivity index (χ3v) is 3.38. The molecule has 0 bridgehead atoms. The Morgan fingerprint density at radius 3 is 2.70 bits per heavy atom. The van der Waals surface area contributed by atoms with E-state index in [-0.39, 0.29) is 12.6 Å². The molecule has 0 saturated carbocycles. The monoisotopic (exact) mass is 292 g/mol. The number of benzene rings is 1. The number of anilines is 1.